The van der Waals surface area contributed by atoms with Gasteiger partial charge in [-0.05, 0) is 103 Å². The summed E-state index contributed by atoms with van der Waals surface area (Å²) in [5.74, 6) is -1.03. The number of carbonyl (C=O) groups is 3. The largest absolute Gasteiger partial charge is 0.462 e. The number of hydrogen-bond acceptors (Lipinski definition) is 6. The molecule has 0 saturated carbocycles. The van der Waals surface area contributed by atoms with Crippen molar-refractivity contribution in [1.82, 2.24) is 0 Å². The fourth-order valence-electron chi connectivity index (χ4n) is 6.04. The molecule has 0 bridgehead atoms. The lowest BCUT2D eigenvalue weighted by Gasteiger charge is -2.18. The van der Waals surface area contributed by atoms with Gasteiger partial charge in [0.15, 0.2) is 6.10 Å². The fourth-order valence-corrected chi connectivity index (χ4v) is 6.04. The zero-order chi connectivity index (χ0) is 47.2. The lowest BCUT2D eigenvalue weighted by molar-refractivity contribution is -0.167. The summed E-state index contributed by atoms with van der Waals surface area (Å²) >= 11 is 0. The highest BCUT2D eigenvalue weighted by Gasteiger charge is 2.19. The molecule has 360 valence electrons. The lowest BCUT2D eigenvalue weighted by atomic mass is 10.1. The van der Waals surface area contributed by atoms with E-state index in [4.69, 9.17) is 14.2 Å². The van der Waals surface area contributed by atoms with E-state index >= 15 is 0 Å². The van der Waals surface area contributed by atoms with Crippen molar-refractivity contribution in [3.8, 4) is 0 Å². The average molecular weight is 893 g/mol. The molecule has 0 heterocycles. The summed E-state index contributed by atoms with van der Waals surface area (Å²) in [5.41, 5.74) is 0. The molecular weight excluding hydrogens is 805 g/mol. The number of unbranched alkanes of at least 4 members (excludes halogenated alkanes) is 11. The van der Waals surface area contributed by atoms with Crippen LogP contribution in [0.3, 0.4) is 0 Å². The highest BCUT2D eigenvalue weighted by molar-refractivity contribution is 5.71. The van der Waals surface area contributed by atoms with Crippen LogP contribution in [0.15, 0.2) is 158 Å². The Morgan fingerprint density at radius 1 is 0.323 bits per heavy atom. The molecule has 0 aliphatic heterocycles. The molecule has 0 fully saturated rings. The summed E-state index contributed by atoms with van der Waals surface area (Å²) < 4.78 is 16.7. The molecule has 0 rings (SSSR count). The molecule has 6 nitrogen and oxygen atoms in total. The van der Waals surface area contributed by atoms with Gasteiger partial charge in [-0.3, -0.25) is 14.4 Å². The van der Waals surface area contributed by atoms with E-state index in [2.05, 4.69) is 106 Å². The molecule has 0 aromatic heterocycles. The molecule has 0 aliphatic carbocycles. The van der Waals surface area contributed by atoms with Crippen LogP contribution in [0.4, 0.5) is 0 Å². The van der Waals surface area contributed by atoms with Gasteiger partial charge in [0.2, 0.25) is 0 Å². The highest BCUT2D eigenvalue weighted by atomic mass is 16.6. The molecule has 0 aromatic carbocycles. The minimum atomic E-state index is -0.826. The van der Waals surface area contributed by atoms with E-state index in [9.17, 15) is 14.4 Å². The first kappa shape index (κ1) is 60.0. The summed E-state index contributed by atoms with van der Waals surface area (Å²) in [6.45, 7) is 6.15. The Labute approximate surface area is 397 Å². The van der Waals surface area contributed by atoms with Crippen LogP contribution in [0.1, 0.15) is 175 Å². The van der Waals surface area contributed by atoms with Crippen LogP contribution in [-0.4, -0.2) is 37.2 Å². The van der Waals surface area contributed by atoms with E-state index in [0.717, 1.165) is 128 Å². The summed E-state index contributed by atoms with van der Waals surface area (Å²) in [6.07, 6.45) is 75.0. The van der Waals surface area contributed by atoms with Crippen molar-refractivity contribution in [2.24, 2.45) is 0 Å². The van der Waals surface area contributed by atoms with Gasteiger partial charge in [0.05, 0.1) is 0 Å². The van der Waals surface area contributed by atoms with Crippen LogP contribution in [-0.2, 0) is 28.6 Å². The van der Waals surface area contributed by atoms with Gasteiger partial charge in [-0.15, -0.1) is 0 Å². The normalized spacial score (nSPS) is 13.5. The highest BCUT2D eigenvalue weighted by Crippen LogP contribution is 2.12. The predicted octanol–water partition coefficient (Wildman–Crippen LogP) is 16.6. The van der Waals surface area contributed by atoms with Crippen molar-refractivity contribution in [2.45, 2.75) is 181 Å². The summed E-state index contributed by atoms with van der Waals surface area (Å²) in [7, 11) is 0. The maximum atomic E-state index is 12.8. The molecule has 0 aliphatic rings. The van der Waals surface area contributed by atoms with E-state index in [-0.39, 0.29) is 44.0 Å². The number of allylic oxidation sites excluding steroid dienone is 26. The number of carbonyl (C=O) groups excluding carboxylic acids is 3. The van der Waals surface area contributed by atoms with Gasteiger partial charge in [-0.25, -0.2) is 0 Å². The minimum absolute atomic E-state index is 0.122. The third-order valence-corrected chi connectivity index (χ3v) is 9.70. The lowest BCUT2D eigenvalue weighted by Crippen LogP contribution is -2.30. The molecule has 0 N–H and O–H groups in total. The van der Waals surface area contributed by atoms with Crippen molar-refractivity contribution in [3.63, 3.8) is 0 Å². The molecule has 0 spiro atoms. The zero-order valence-electron chi connectivity index (χ0n) is 40.9. The summed E-state index contributed by atoms with van der Waals surface area (Å²) in [4.78, 5) is 38.0. The van der Waals surface area contributed by atoms with Crippen molar-refractivity contribution >= 4 is 17.9 Å². The number of hydrogen-bond donors (Lipinski definition) is 0. The first-order valence-electron chi connectivity index (χ1n) is 25.1. The van der Waals surface area contributed by atoms with Gasteiger partial charge >= 0.3 is 17.9 Å². The van der Waals surface area contributed by atoms with Crippen LogP contribution in [0.2, 0.25) is 0 Å². The van der Waals surface area contributed by atoms with Crippen LogP contribution < -0.4 is 0 Å². The standard InChI is InChI=1S/C59H88O6/c1-4-7-10-13-16-19-22-25-28-29-30-31-32-35-37-40-43-46-49-52-58(61)64-55-56(65-59(62)53-50-47-44-41-38-34-27-24-21-18-15-12-9-6-3)54-63-57(60)51-48-45-42-39-36-33-26-23-20-17-14-11-8-5-2/h7-13,16-22,25-35,37,56H,4-6,14-15,23-24,36,38-55H2,1-3H3/b10-7-,11-8-,12-9-,16-13-,20-17-,21-18-,22-19-,28-25-,30-29+,32-31-,33-26-,34-27-,37-35-. The third kappa shape index (κ3) is 49.9. The van der Waals surface area contributed by atoms with E-state index in [1.807, 2.05) is 72.9 Å². The van der Waals surface area contributed by atoms with E-state index in [0.29, 0.717) is 12.8 Å². The molecule has 6 heteroatoms. The van der Waals surface area contributed by atoms with Gasteiger partial charge < -0.3 is 14.2 Å². The maximum absolute atomic E-state index is 12.8. The Balaban J connectivity index is 4.60. The van der Waals surface area contributed by atoms with Crippen molar-refractivity contribution < 1.29 is 28.6 Å². The third-order valence-electron chi connectivity index (χ3n) is 9.70. The van der Waals surface area contributed by atoms with Crippen molar-refractivity contribution in [3.05, 3.63) is 158 Å². The second kappa shape index (κ2) is 51.7. The van der Waals surface area contributed by atoms with E-state index < -0.39 is 6.10 Å². The summed E-state index contributed by atoms with van der Waals surface area (Å²) in [5, 5.41) is 0. The number of ether oxygens (including phenoxy) is 3. The molecule has 0 radical (unpaired) electrons. The Morgan fingerprint density at radius 3 is 1.05 bits per heavy atom. The Kier molecular flexibility index (Phi) is 47.7. The van der Waals surface area contributed by atoms with Crippen molar-refractivity contribution in [1.29, 1.82) is 0 Å². The van der Waals surface area contributed by atoms with Crippen LogP contribution in [0.5, 0.6) is 0 Å². The second-order valence-corrected chi connectivity index (χ2v) is 15.8. The Hall–Kier alpha value is -4.97. The molecule has 1 atom stereocenters. The first-order chi connectivity index (χ1) is 32.0. The van der Waals surface area contributed by atoms with Gasteiger partial charge in [-0.2, -0.15) is 0 Å². The second-order valence-electron chi connectivity index (χ2n) is 15.8. The van der Waals surface area contributed by atoms with Crippen LogP contribution in [0, 0.1) is 0 Å². The smallest absolute Gasteiger partial charge is 0.306 e. The van der Waals surface area contributed by atoms with Gasteiger partial charge in [0.1, 0.15) is 13.2 Å². The van der Waals surface area contributed by atoms with E-state index in [1.54, 1.807) is 0 Å². The minimum Gasteiger partial charge on any atom is -0.462 e. The SMILES string of the molecule is CC\C=C/C=C\C=C/C=C\C=C\C=C/C=C\CCCCCC(=O)OCC(COC(=O)CCCCCC/C=C\C/C=C\C/C=C\CC)OC(=O)CCCCCC/C=C\C/C=C\C/C=C\CC. The fraction of sp³-hybridized carbons (Fsp3) is 0.508. The van der Waals surface area contributed by atoms with Gasteiger partial charge in [0, 0.05) is 19.3 Å². The predicted molar refractivity (Wildman–Crippen MR) is 278 cm³/mol. The summed E-state index contributed by atoms with van der Waals surface area (Å²) in [6, 6.07) is 0. The van der Waals surface area contributed by atoms with Crippen molar-refractivity contribution in [2.75, 3.05) is 13.2 Å². The molecule has 65 heavy (non-hydrogen) atoms. The Morgan fingerprint density at radius 2 is 0.631 bits per heavy atom. The topological polar surface area (TPSA) is 78.9 Å². The molecule has 0 saturated heterocycles. The van der Waals surface area contributed by atoms with Gasteiger partial charge in [0.25, 0.3) is 0 Å². The molecule has 0 amide bonds. The monoisotopic (exact) mass is 893 g/mol. The average Bonchev–Trinajstić information content (AvgIpc) is 3.30. The maximum Gasteiger partial charge on any atom is 0.306 e. The van der Waals surface area contributed by atoms with Crippen LogP contribution >= 0.6 is 0 Å². The molecular formula is C59H88O6. The quantitative estimate of drug-likeness (QED) is 0.0200. The van der Waals surface area contributed by atoms with Crippen LogP contribution in [0.25, 0.3) is 0 Å². The number of rotatable bonds is 42. The molecule has 1 unspecified atom stereocenters. The Bertz CT molecular complexity index is 1540. The first-order valence-corrected chi connectivity index (χ1v) is 25.1. The molecule has 0 aromatic rings. The number of esters is 3. The van der Waals surface area contributed by atoms with E-state index in [1.165, 1.54) is 0 Å². The van der Waals surface area contributed by atoms with Gasteiger partial charge in [-0.1, -0.05) is 211 Å². The zero-order valence-corrected chi connectivity index (χ0v) is 40.9.